The van der Waals surface area contributed by atoms with Crippen molar-refractivity contribution in [2.45, 2.75) is 56.8 Å². The number of carbonyl (C=O) groups excluding carboxylic acids is 1. The Kier molecular flexibility index (Phi) is 13.0. The summed E-state index contributed by atoms with van der Waals surface area (Å²) in [6, 6.07) is 7.69. The topological polar surface area (TPSA) is 146 Å². The van der Waals surface area contributed by atoms with Crippen molar-refractivity contribution in [2.24, 2.45) is 5.11 Å². The number of azide groups is 1. The SMILES string of the molecule is CCCCO[C@@H](CN=[N+]=[N-])[C@H](OC)OC(COC(=O)c1ccccc1)[C@H](C)OS(=O)(=O)C(F)(F)F. The molecule has 1 unspecified atom stereocenters. The molecule has 0 bridgehead atoms. The van der Waals surface area contributed by atoms with E-state index >= 15 is 0 Å². The number of halogens is 3. The van der Waals surface area contributed by atoms with E-state index in [1.54, 1.807) is 18.2 Å². The van der Waals surface area contributed by atoms with E-state index in [9.17, 15) is 26.4 Å². The van der Waals surface area contributed by atoms with Gasteiger partial charge in [0, 0.05) is 18.6 Å². The average Bonchev–Trinajstić information content (AvgIpc) is 2.81. The fourth-order valence-corrected chi connectivity index (χ4v) is 3.23. The van der Waals surface area contributed by atoms with Crippen LogP contribution < -0.4 is 0 Å². The van der Waals surface area contributed by atoms with Crippen LogP contribution in [0.1, 0.15) is 37.0 Å². The second-order valence-electron chi connectivity index (χ2n) is 7.12. The summed E-state index contributed by atoms with van der Waals surface area (Å²) in [5, 5.41) is 3.41. The Labute approximate surface area is 201 Å². The largest absolute Gasteiger partial charge is 0.523 e. The zero-order valence-electron chi connectivity index (χ0n) is 19.4. The normalized spacial score (nSPS) is 15.5. The molecule has 15 heteroatoms. The number of methoxy groups -OCH3 is 1. The van der Waals surface area contributed by atoms with Crippen LogP contribution in [0, 0.1) is 0 Å². The van der Waals surface area contributed by atoms with Gasteiger partial charge < -0.3 is 18.9 Å². The molecule has 1 aromatic carbocycles. The smallest absolute Gasteiger partial charge is 0.459 e. The van der Waals surface area contributed by atoms with E-state index in [-0.39, 0.29) is 18.7 Å². The van der Waals surface area contributed by atoms with Crippen molar-refractivity contribution in [3.63, 3.8) is 0 Å². The van der Waals surface area contributed by atoms with Crippen molar-refractivity contribution in [1.82, 2.24) is 0 Å². The quantitative estimate of drug-likeness (QED) is 0.0459. The Bertz CT molecular complexity index is 927. The number of carbonyl (C=O) groups is 1. The standard InChI is InChI=1S/C20H28F3N3O8S/c1-4-5-11-31-16(12-25-26-24)19(30-3)33-17(14(2)34-35(28,29)20(21,22)23)13-32-18(27)15-9-7-6-8-10-15/h6-10,14,16-17,19H,4-5,11-13H2,1-3H3/t14-,16-,17?,19+/m0/s1. The van der Waals surface area contributed by atoms with Gasteiger partial charge in [0.2, 0.25) is 0 Å². The second kappa shape index (κ2) is 14.9. The molecule has 0 aliphatic rings. The van der Waals surface area contributed by atoms with Crippen molar-refractivity contribution in [3.05, 3.63) is 46.3 Å². The highest BCUT2D eigenvalue weighted by atomic mass is 32.2. The highest BCUT2D eigenvalue weighted by molar-refractivity contribution is 7.87. The van der Waals surface area contributed by atoms with Crippen LogP contribution in [0.4, 0.5) is 13.2 Å². The van der Waals surface area contributed by atoms with E-state index in [4.69, 9.17) is 24.5 Å². The first-order valence-corrected chi connectivity index (χ1v) is 11.9. The molecular weight excluding hydrogens is 499 g/mol. The fourth-order valence-electron chi connectivity index (χ4n) is 2.60. The molecule has 11 nitrogen and oxygen atoms in total. The van der Waals surface area contributed by atoms with Crippen molar-refractivity contribution in [3.8, 4) is 0 Å². The third-order valence-electron chi connectivity index (χ3n) is 4.47. The van der Waals surface area contributed by atoms with Crippen LogP contribution in [0.3, 0.4) is 0 Å². The number of hydrogen-bond acceptors (Lipinski definition) is 9. The molecule has 0 N–H and O–H groups in total. The first-order valence-electron chi connectivity index (χ1n) is 10.5. The molecule has 198 valence electrons. The van der Waals surface area contributed by atoms with Crippen LogP contribution in [-0.4, -0.2) is 71.4 Å². The van der Waals surface area contributed by atoms with Crippen LogP contribution in [0.25, 0.3) is 10.4 Å². The molecule has 0 aliphatic heterocycles. The lowest BCUT2D eigenvalue weighted by atomic mass is 10.2. The molecule has 1 rings (SSSR count). The van der Waals surface area contributed by atoms with Gasteiger partial charge in [-0.3, -0.25) is 4.18 Å². The first-order chi connectivity index (χ1) is 16.5. The summed E-state index contributed by atoms with van der Waals surface area (Å²) in [6.45, 7) is 2.19. The lowest BCUT2D eigenvalue weighted by molar-refractivity contribution is -0.230. The Hall–Kier alpha value is -2.42. The van der Waals surface area contributed by atoms with Gasteiger partial charge in [-0.2, -0.15) is 21.6 Å². The molecule has 35 heavy (non-hydrogen) atoms. The van der Waals surface area contributed by atoms with E-state index in [0.717, 1.165) is 13.3 Å². The molecule has 0 fully saturated rings. The molecule has 1 aromatic rings. The van der Waals surface area contributed by atoms with Crippen molar-refractivity contribution in [1.29, 1.82) is 0 Å². The molecule has 0 saturated carbocycles. The van der Waals surface area contributed by atoms with E-state index < -0.39 is 52.8 Å². The predicted molar refractivity (Wildman–Crippen MR) is 117 cm³/mol. The molecule has 0 saturated heterocycles. The highest BCUT2D eigenvalue weighted by Crippen LogP contribution is 2.27. The number of benzene rings is 1. The molecular formula is C20H28F3N3O8S. The molecule has 4 atom stereocenters. The van der Waals surface area contributed by atoms with E-state index in [0.29, 0.717) is 6.42 Å². The first kappa shape index (κ1) is 30.6. The summed E-state index contributed by atoms with van der Waals surface area (Å²) in [5.74, 6) is -0.830. The molecule has 0 aromatic heterocycles. The molecule has 0 heterocycles. The molecule has 0 radical (unpaired) electrons. The second-order valence-corrected chi connectivity index (χ2v) is 8.68. The summed E-state index contributed by atoms with van der Waals surface area (Å²) >= 11 is 0. The van der Waals surface area contributed by atoms with Crippen LogP contribution in [0.15, 0.2) is 35.4 Å². The Morgan fingerprint density at radius 2 is 1.86 bits per heavy atom. The minimum atomic E-state index is -5.99. The Morgan fingerprint density at radius 1 is 1.20 bits per heavy atom. The maximum atomic E-state index is 12.8. The van der Waals surface area contributed by atoms with Gasteiger partial charge in [0.25, 0.3) is 0 Å². The maximum Gasteiger partial charge on any atom is 0.523 e. The molecule has 0 amide bonds. The molecule has 0 spiro atoms. The summed E-state index contributed by atoms with van der Waals surface area (Å²) in [5.41, 5.74) is 3.11. The Balaban J connectivity index is 3.11. The highest BCUT2D eigenvalue weighted by Gasteiger charge is 2.49. The van der Waals surface area contributed by atoms with Crippen molar-refractivity contribution >= 4 is 16.1 Å². The van der Waals surface area contributed by atoms with Gasteiger partial charge in [-0.1, -0.05) is 36.7 Å². The summed E-state index contributed by atoms with van der Waals surface area (Å²) in [6.07, 6.45) is -4.22. The monoisotopic (exact) mass is 527 g/mol. The van der Waals surface area contributed by atoms with Gasteiger partial charge in [0.15, 0.2) is 6.29 Å². The van der Waals surface area contributed by atoms with Gasteiger partial charge in [0.1, 0.15) is 24.9 Å². The lowest BCUT2D eigenvalue weighted by Crippen LogP contribution is -2.45. The van der Waals surface area contributed by atoms with Gasteiger partial charge >= 0.3 is 21.6 Å². The predicted octanol–water partition coefficient (Wildman–Crippen LogP) is 3.95. The van der Waals surface area contributed by atoms with Gasteiger partial charge in [0.05, 0.1) is 12.1 Å². The van der Waals surface area contributed by atoms with Crippen LogP contribution >= 0.6 is 0 Å². The van der Waals surface area contributed by atoms with Gasteiger partial charge in [-0.05, 0) is 31.0 Å². The zero-order valence-corrected chi connectivity index (χ0v) is 20.2. The number of esters is 1. The lowest BCUT2D eigenvalue weighted by Gasteiger charge is -2.31. The zero-order chi connectivity index (χ0) is 26.5. The van der Waals surface area contributed by atoms with Gasteiger partial charge in [-0.15, -0.1) is 0 Å². The summed E-state index contributed by atoms with van der Waals surface area (Å²) < 4.78 is 87.3. The average molecular weight is 528 g/mol. The van der Waals surface area contributed by atoms with E-state index in [1.165, 1.54) is 19.2 Å². The number of ether oxygens (including phenoxy) is 4. The van der Waals surface area contributed by atoms with E-state index in [1.807, 2.05) is 6.92 Å². The van der Waals surface area contributed by atoms with Crippen molar-refractivity contribution < 1.29 is 49.5 Å². The molecule has 0 aliphatic carbocycles. The fraction of sp³-hybridized carbons (Fsp3) is 0.650. The van der Waals surface area contributed by atoms with Gasteiger partial charge in [-0.25, -0.2) is 4.79 Å². The number of alkyl halides is 3. The van der Waals surface area contributed by atoms with Crippen molar-refractivity contribution in [2.75, 3.05) is 26.9 Å². The Morgan fingerprint density at radius 3 is 2.40 bits per heavy atom. The number of unbranched alkanes of at least 4 members (excludes halogenated alkanes) is 1. The van der Waals surface area contributed by atoms with Crippen LogP contribution in [0.2, 0.25) is 0 Å². The number of nitrogens with zero attached hydrogens (tertiary/aromatic N) is 3. The maximum absolute atomic E-state index is 12.8. The number of rotatable bonds is 16. The minimum Gasteiger partial charge on any atom is -0.459 e. The van der Waals surface area contributed by atoms with Crippen LogP contribution in [-0.2, 0) is 33.2 Å². The van der Waals surface area contributed by atoms with Crippen LogP contribution in [0.5, 0.6) is 0 Å². The third kappa shape index (κ3) is 10.4. The summed E-state index contributed by atoms with van der Waals surface area (Å²) in [4.78, 5) is 14.9. The summed E-state index contributed by atoms with van der Waals surface area (Å²) in [7, 11) is -4.79. The third-order valence-corrected chi connectivity index (χ3v) is 5.60. The number of hydrogen-bond donors (Lipinski definition) is 0. The van der Waals surface area contributed by atoms with E-state index in [2.05, 4.69) is 14.2 Å². The minimum absolute atomic E-state index is 0.148.